The topological polar surface area (TPSA) is 156 Å². The van der Waals surface area contributed by atoms with Gasteiger partial charge in [-0.3, -0.25) is 14.4 Å². The molecule has 1 saturated heterocycles. The highest BCUT2D eigenvalue weighted by molar-refractivity contribution is 7.13. The summed E-state index contributed by atoms with van der Waals surface area (Å²) in [5.74, 6) is -0.975. The van der Waals surface area contributed by atoms with Crippen molar-refractivity contribution >= 4 is 29.1 Å². The number of thiazole rings is 1. The molecule has 2 fully saturated rings. The quantitative estimate of drug-likeness (QED) is 0.239. The number of ether oxygens (including phenoxy) is 2. The lowest BCUT2D eigenvalue weighted by molar-refractivity contribution is -0.141. The lowest BCUT2D eigenvalue weighted by atomic mass is 9.89. The van der Waals surface area contributed by atoms with Crippen LogP contribution in [0.3, 0.4) is 0 Å². The van der Waals surface area contributed by atoms with Crippen LogP contribution >= 0.6 is 11.3 Å². The second kappa shape index (κ2) is 14.5. The molecular formula is C32H41N5O7S. The third-order valence-corrected chi connectivity index (χ3v) is 9.21. The summed E-state index contributed by atoms with van der Waals surface area (Å²) in [5.41, 5.74) is 4.79. The van der Waals surface area contributed by atoms with Crippen LogP contribution in [0.5, 0.6) is 5.88 Å². The number of nitrogens with one attached hydrogen (secondary N) is 2. The third-order valence-electron chi connectivity index (χ3n) is 8.23. The Labute approximate surface area is 266 Å². The monoisotopic (exact) mass is 639 g/mol. The Morgan fingerprint density at radius 2 is 1.91 bits per heavy atom. The number of carbonyl (C=O) groups excluding carboxylic acids is 3. The fraction of sp³-hybridized carbons (Fsp3) is 0.531. The van der Waals surface area contributed by atoms with Gasteiger partial charge in [-0.1, -0.05) is 38.1 Å². The van der Waals surface area contributed by atoms with Crippen LogP contribution in [0, 0.1) is 12.8 Å². The molecule has 3 N–H and O–H groups in total. The number of carbonyl (C=O) groups is 3. The number of hydrogen-bond donors (Lipinski definition) is 3. The van der Waals surface area contributed by atoms with E-state index < -0.39 is 18.1 Å². The number of aliphatic hydroxyl groups excluding tert-OH is 1. The number of benzene rings is 1. The van der Waals surface area contributed by atoms with Crippen molar-refractivity contribution in [3.8, 4) is 16.3 Å². The van der Waals surface area contributed by atoms with Gasteiger partial charge in [0.25, 0.3) is 5.88 Å². The van der Waals surface area contributed by atoms with Crippen LogP contribution in [0.2, 0.25) is 0 Å². The zero-order valence-corrected chi connectivity index (χ0v) is 26.8. The largest absolute Gasteiger partial charge is 0.473 e. The molecule has 5 rings (SSSR count). The van der Waals surface area contributed by atoms with Crippen molar-refractivity contribution in [2.24, 2.45) is 5.92 Å². The molecule has 2 aliphatic rings. The van der Waals surface area contributed by atoms with Crippen LogP contribution in [0.25, 0.3) is 10.4 Å². The lowest BCUT2D eigenvalue weighted by Gasteiger charge is -2.35. The summed E-state index contributed by atoms with van der Waals surface area (Å²) in [7, 11) is 0. The second-order valence-corrected chi connectivity index (χ2v) is 12.9. The number of rotatable bonds is 13. The van der Waals surface area contributed by atoms with E-state index in [9.17, 15) is 19.5 Å². The van der Waals surface area contributed by atoms with E-state index in [1.54, 1.807) is 17.4 Å². The number of aliphatic hydroxyl groups is 1. The molecule has 1 aromatic carbocycles. The standard InChI is InChI=1S/C32H41N5O7S/c1-18(2)29(27-14-28(36-44-27)43-10-9-42-25-11-23(12-25)35-20(4)38)32(41)37-16-24(39)13-26(37)31(40)33-15-21-5-7-22(8-6-21)30-19(3)34-17-45-30/h5-8,14,17-18,23-26,29,39H,9-13,15-16H2,1-4H3,(H,33,40)(H,35,38)/t23-,24-,25+,26+,29?/m1/s1. The van der Waals surface area contributed by atoms with Crippen LogP contribution in [0.4, 0.5) is 0 Å². The number of aryl methyl sites for hydroxylation is 1. The Morgan fingerprint density at radius 3 is 2.58 bits per heavy atom. The smallest absolute Gasteiger partial charge is 0.254 e. The molecule has 0 spiro atoms. The molecular weight excluding hydrogens is 598 g/mol. The molecule has 45 heavy (non-hydrogen) atoms. The molecule has 0 radical (unpaired) electrons. The van der Waals surface area contributed by atoms with Gasteiger partial charge in [0.2, 0.25) is 17.7 Å². The van der Waals surface area contributed by atoms with E-state index in [2.05, 4.69) is 20.8 Å². The fourth-order valence-electron chi connectivity index (χ4n) is 5.83. The number of amides is 3. The predicted octanol–water partition coefficient (Wildman–Crippen LogP) is 3.19. The van der Waals surface area contributed by atoms with Crippen molar-refractivity contribution in [1.29, 1.82) is 0 Å². The summed E-state index contributed by atoms with van der Waals surface area (Å²) in [6.45, 7) is 8.22. The van der Waals surface area contributed by atoms with Gasteiger partial charge in [-0.05, 0) is 42.0 Å². The first-order chi connectivity index (χ1) is 21.6. The lowest BCUT2D eigenvalue weighted by Crippen LogP contribution is -2.48. The molecule has 0 bridgehead atoms. The third kappa shape index (κ3) is 8.08. The first kappa shape index (κ1) is 32.6. The van der Waals surface area contributed by atoms with Gasteiger partial charge < -0.3 is 34.6 Å². The normalized spacial score (nSPS) is 21.8. The summed E-state index contributed by atoms with van der Waals surface area (Å²) in [6, 6.07) is 8.89. The van der Waals surface area contributed by atoms with E-state index in [1.807, 2.05) is 50.5 Å². The van der Waals surface area contributed by atoms with Gasteiger partial charge in [0.1, 0.15) is 18.6 Å². The van der Waals surface area contributed by atoms with E-state index in [0.717, 1.165) is 34.5 Å². The van der Waals surface area contributed by atoms with Crippen molar-refractivity contribution in [1.82, 2.24) is 25.7 Å². The van der Waals surface area contributed by atoms with Gasteiger partial charge in [-0.25, -0.2) is 4.98 Å². The molecule has 1 aliphatic carbocycles. The van der Waals surface area contributed by atoms with Crippen LogP contribution in [-0.2, 0) is 25.7 Å². The minimum Gasteiger partial charge on any atom is -0.473 e. The van der Waals surface area contributed by atoms with Gasteiger partial charge in [-0.2, -0.15) is 0 Å². The molecule has 12 nitrogen and oxygen atoms in total. The number of β-amino-alcohol motifs (C(OH)–C–C–N with tert-alkyl or cyclic N) is 1. The maximum absolute atomic E-state index is 13.8. The summed E-state index contributed by atoms with van der Waals surface area (Å²) >= 11 is 1.59. The van der Waals surface area contributed by atoms with Crippen molar-refractivity contribution in [2.45, 2.75) is 83.7 Å². The van der Waals surface area contributed by atoms with Gasteiger partial charge in [0.15, 0.2) is 5.76 Å². The Bertz CT molecular complexity index is 1470. The highest BCUT2D eigenvalue weighted by Gasteiger charge is 2.43. The minimum atomic E-state index is -0.808. The Morgan fingerprint density at radius 1 is 1.16 bits per heavy atom. The molecule has 3 heterocycles. The number of likely N-dealkylation sites (tertiary alicyclic amines) is 1. The van der Waals surface area contributed by atoms with Crippen molar-refractivity contribution in [2.75, 3.05) is 19.8 Å². The van der Waals surface area contributed by atoms with E-state index in [4.69, 9.17) is 14.0 Å². The summed E-state index contributed by atoms with van der Waals surface area (Å²) < 4.78 is 17.0. The van der Waals surface area contributed by atoms with E-state index in [1.165, 1.54) is 11.8 Å². The summed E-state index contributed by atoms with van der Waals surface area (Å²) in [5, 5.41) is 20.2. The summed E-state index contributed by atoms with van der Waals surface area (Å²) in [6.07, 6.45) is 0.982. The second-order valence-electron chi connectivity index (χ2n) is 12.1. The Kier molecular flexibility index (Phi) is 10.5. The highest BCUT2D eigenvalue weighted by Crippen LogP contribution is 2.33. The van der Waals surface area contributed by atoms with Gasteiger partial charge in [-0.15, -0.1) is 11.3 Å². The molecule has 242 valence electrons. The van der Waals surface area contributed by atoms with Crippen molar-refractivity contribution in [3.63, 3.8) is 0 Å². The van der Waals surface area contributed by atoms with Gasteiger partial charge in [0, 0.05) is 38.5 Å². The zero-order chi connectivity index (χ0) is 32.1. The first-order valence-corrected chi connectivity index (χ1v) is 16.2. The molecule has 3 atom stereocenters. The molecule has 2 aromatic heterocycles. The van der Waals surface area contributed by atoms with Crippen LogP contribution < -0.4 is 15.4 Å². The first-order valence-electron chi connectivity index (χ1n) is 15.3. The Balaban J connectivity index is 1.13. The van der Waals surface area contributed by atoms with E-state index in [0.29, 0.717) is 18.9 Å². The molecule has 1 saturated carbocycles. The van der Waals surface area contributed by atoms with E-state index >= 15 is 0 Å². The average molecular weight is 640 g/mol. The average Bonchev–Trinajstić information content (AvgIpc) is 3.72. The maximum atomic E-state index is 13.8. The van der Waals surface area contributed by atoms with Crippen molar-refractivity contribution in [3.05, 3.63) is 52.9 Å². The molecule has 1 aliphatic heterocycles. The molecule has 1 unspecified atom stereocenters. The highest BCUT2D eigenvalue weighted by atomic mass is 32.1. The van der Waals surface area contributed by atoms with Crippen molar-refractivity contribution < 1.29 is 33.5 Å². The van der Waals surface area contributed by atoms with Crippen LogP contribution in [0.1, 0.15) is 63.0 Å². The minimum absolute atomic E-state index is 0.0400. The van der Waals surface area contributed by atoms with Gasteiger partial charge >= 0.3 is 0 Å². The Hall–Kier alpha value is -3.81. The maximum Gasteiger partial charge on any atom is 0.254 e. The van der Waals surface area contributed by atoms with Crippen LogP contribution in [-0.4, -0.2) is 81.9 Å². The van der Waals surface area contributed by atoms with E-state index in [-0.39, 0.29) is 61.2 Å². The number of hydrogen-bond acceptors (Lipinski definition) is 10. The molecule has 13 heteroatoms. The van der Waals surface area contributed by atoms with Crippen LogP contribution in [0.15, 0.2) is 40.4 Å². The summed E-state index contributed by atoms with van der Waals surface area (Å²) in [4.78, 5) is 45.1. The van der Waals surface area contributed by atoms with Gasteiger partial charge in [0.05, 0.1) is 34.9 Å². The fourth-order valence-corrected chi connectivity index (χ4v) is 6.65. The number of aromatic nitrogens is 2. The predicted molar refractivity (Wildman–Crippen MR) is 166 cm³/mol. The molecule has 3 aromatic rings. The molecule has 3 amide bonds. The SMILES string of the molecule is CC(=O)N[C@H]1C[C@@H](OCCOc2cc(C(C(=O)N3C[C@H](O)C[C@H]3C(=O)NCc3ccc(-c4scnc4C)cc3)C(C)C)on2)C1. The number of nitrogens with zero attached hydrogens (tertiary/aromatic N) is 3. The zero-order valence-electron chi connectivity index (χ0n) is 26.0.